The Morgan fingerprint density at radius 3 is 2.62 bits per heavy atom. The van der Waals surface area contributed by atoms with E-state index in [1.165, 1.54) is 0 Å². The molecular formula is C13H12N2O. The number of allylic oxidation sites excluding steroid dienone is 1. The van der Waals surface area contributed by atoms with Crippen molar-refractivity contribution in [2.45, 2.75) is 6.92 Å². The van der Waals surface area contributed by atoms with Crippen LogP contribution < -0.4 is 5.56 Å². The predicted octanol–water partition coefficient (Wildman–Crippen LogP) is 2.47. The zero-order valence-electron chi connectivity index (χ0n) is 9.03. The summed E-state index contributed by atoms with van der Waals surface area (Å²) in [5.74, 6) is 0. The quantitative estimate of drug-likeness (QED) is 0.831. The smallest absolute Gasteiger partial charge is 0.264 e. The van der Waals surface area contributed by atoms with Gasteiger partial charge < -0.3 is 0 Å². The molecule has 0 unspecified atom stereocenters. The average Bonchev–Trinajstić information content (AvgIpc) is 2.29. The van der Waals surface area contributed by atoms with Crippen LogP contribution >= 0.6 is 0 Å². The highest BCUT2D eigenvalue weighted by molar-refractivity contribution is 5.76. The Labute approximate surface area is 93.5 Å². The lowest BCUT2D eigenvalue weighted by molar-refractivity contribution is 0.973. The van der Waals surface area contributed by atoms with Crippen molar-refractivity contribution in [3.63, 3.8) is 0 Å². The van der Waals surface area contributed by atoms with Gasteiger partial charge in [0, 0.05) is 11.6 Å². The molecule has 0 saturated carbocycles. The van der Waals surface area contributed by atoms with E-state index < -0.39 is 0 Å². The molecule has 0 saturated heterocycles. The molecule has 2 aromatic rings. The summed E-state index contributed by atoms with van der Waals surface area (Å²) in [5, 5.41) is 6.44. The lowest BCUT2D eigenvalue weighted by atomic mass is 10.0. The first-order chi connectivity index (χ1) is 7.68. The van der Waals surface area contributed by atoms with Crippen molar-refractivity contribution in [1.82, 2.24) is 10.2 Å². The first-order valence-corrected chi connectivity index (χ1v) is 4.99. The van der Waals surface area contributed by atoms with E-state index in [0.717, 1.165) is 22.4 Å². The Morgan fingerprint density at radius 2 is 2.00 bits per heavy atom. The minimum absolute atomic E-state index is 0.205. The maximum Gasteiger partial charge on any atom is 0.264 e. The first-order valence-electron chi connectivity index (χ1n) is 4.99. The lowest BCUT2D eigenvalue weighted by Crippen LogP contribution is -2.09. The second-order valence-electron chi connectivity index (χ2n) is 3.64. The maximum atomic E-state index is 11.3. The van der Waals surface area contributed by atoms with Gasteiger partial charge in [-0.2, -0.15) is 5.10 Å². The van der Waals surface area contributed by atoms with Crippen molar-refractivity contribution >= 4 is 5.57 Å². The molecule has 0 aliphatic carbocycles. The summed E-state index contributed by atoms with van der Waals surface area (Å²) in [6.45, 7) is 5.72. The van der Waals surface area contributed by atoms with Gasteiger partial charge >= 0.3 is 0 Å². The van der Waals surface area contributed by atoms with Gasteiger partial charge in [0.15, 0.2) is 0 Å². The summed E-state index contributed by atoms with van der Waals surface area (Å²) < 4.78 is 0. The third-order valence-electron chi connectivity index (χ3n) is 2.30. The summed E-state index contributed by atoms with van der Waals surface area (Å²) >= 11 is 0. The molecule has 0 bridgehead atoms. The van der Waals surface area contributed by atoms with Crippen LogP contribution in [0.1, 0.15) is 12.6 Å². The van der Waals surface area contributed by atoms with Crippen LogP contribution in [0.5, 0.6) is 0 Å². The molecule has 0 fully saturated rings. The molecule has 16 heavy (non-hydrogen) atoms. The normalized spacial score (nSPS) is 10.1. The zero-order chi connectivity index (χ0) is 11.5. The van der Waals surface area contributed by atoms with E-state index in [9.17, 15) is 4.79 Å². The van der Waals surface area contributed by atoms with Crippen molar-refractivity contribution < 1.29 is 0 Å². The van der Waals surface area contributed by atoms with Crippen LogP contribution in [0.25, 0.3) is 16.7 Å². The van der Waals surface area contributed by atoms with Gasteiger partial charge in [-0.1, -0.05) is 36.9 Å². The van der Waals surface area contributed by atoms with Gasteiger partial charge in [0.1, 0.15) is 0 Å². The Balaban J connectivity index is 2.68. The molecule has 80 valence electrons. The van der Waals surface area contributed by atoms with Crippen LogP contribution in [0, 0.1) is 0 Å². The zero-order valence-corrected chi connectivity index (χ0v) is 9.03. The second-order valence-corrected chi connectivity index (χ2v) is 3.64. The maximum absolute atomic E-state index is 11.3. The van der Waals surface area contributed by atoms with Crippen molar-refractivity contribution in [1.29, 1.82) is 0 Å². The third kappa shape index (κ3) is 1.93. The molecule has 1 heterocycles. The van der Waals surface area contributed by atoms with Gasteiger partial charge in [0.25, 0.3) is 5.56 Å². The standard InChI is InChI=1S/C13H12N2O/c1-9(2)13-11(8-12(16)14-15-13)10-6-4-3-5-7-10/h3-8H,1H2,2H3,(H,14,16). The van der Waals surface area contributed by atoms with E-state index in [-0.39, 0.29) is 5.56 Å². The molecule has 3 heteroatoms. The molecule has 0 radical (unpaired) electrons. The molecule has 1 N–H and O–H groups in total. The monoisotopic (exact) mass is 212 g/mol. The van der Waals surface area contributed by atoms with E-state index in [1.807, 2.05) is 37.3 Å². The summed E-state index contributed by atoms with van der Waals surface area (Å²) in [5.41, 5.74) is 3.14. The van der Waals surface area contributed by atoms with Gasteiger partial charge in [0.05, 0.1) is 5.69 Å². The van der Waals surface area contributed by atoms with Crippen LogP contribution in [-0.4, -0.2) is 10.2 Å². The largest absolute Gasteiger partial charge is 0.268 e. The number of nitrogens with zero attached hydrogens (tertiary/aromatic N) is 1. The van der Waals surface area contributed by atoms with Crippen LogP contribution in [0.15, 0.2) is 47.8 Å². The number of nitrogens with one attached hydrogen (secondary N) is 1. The van der Waals surface area contributed by atoms with E-state index >= 15 is 0 Å². The Morgan fingerprint density at radius 1 is 1.31 bits per heavy atom. The van der Waals surface area contributed by atoms with E-state index in [0.29, 0.717) is 0 Å². The van der Waals surface area contributed by atoms with E-state index in [1.54, 1.807) is 6.07 Å². The molecular weight excluding hydrogens is 200 g/mol. The summed E-state index contributed by atoms with van der Waals surface area (Å²) in [4.78, 5) is 11.3. The fourth-order valence-corrected chi connectivity index (χ4v) is 1.57. The van der Waals surface area contributed by atoms with Crippen LogP contribution in [0.3, 0.4) is 0 Å². The average molecular weight is 212 g/mol. The van der Waals surface area contributed by atoms with Crippen LogP contribution in [0.4, 0.5) is 0 Å². The van der Waals surface area contributed by atoms with Crippen molar-refractivity contribution in [2.24, 2.45) is 0 Å². The van der Waals surface area contributed by atoms with Gasteiger partial charge in [0.2, 0.25) is 0 Å². The number of hydrogen-bond donors (Lipinski definition) is 1. The highest BCUT2D eigenvalue weighted by Gasteiger charge is 2.07. The van der Waals surface area contributed by atoms with Crippen molar-refractivity contribution in [2.75, 3.05) is 0 Å². The summed E-state index contributed by atoms with van der Waals surface area (Å²) in [7, 11) is 0. The van der Waals surface area contributed by atoms with Gasteiger partial charge in [-0.3, -0.25) is 4.79 Å². The molecule has 3 nitrogen and oxygen atoms in total. The topological polar surface area (TPSA) is 45.8 Å². The molecule has 0 atom stereocenters. The second kappa shape index (κ2) is 4.14. The number of rotatable bonds is 2. The SMILES string of the molecule is C=C(C)c1n[nH]c(=O)cc1-c1ccccc1. The molecule has 1 aromatic heterocycles. The summed E-state index contributed by atoms with van der Waals surface area (Å²) in [6.07, 6.45) is 0. The number of hydrogen-bond acceptors (Lipinski definition) is 2. The van der Waals surface area contributed by atoms with Crippen molar-refractivity contribution in [3.8, 4) is 11.1 Å². The van der Waals surface area contributed by atoms with Gasteiger partial charge in [-0.25, -0.2) is 5.10 Å². The summed E-state index contributed by atoms with van der Waals surface area (Å²) in [6, 6.07) is 11.2. The molecule has 1 aromatic carbocycles. The van der Waals surface area contributed by atoms with Crippen LogP contribution in [0.2, 0.25) is 0 Å². The van der Waals surface area contributed by atoms with Gasteiger partial charge in [-0.05, 0) is 18.1 Å². The van der Waals surface area contributed by atoms with Crippen molar-refractivity contribution in [3.05, 3.63) is 59.0 Å². The van der Waals surface area contributed by atoms with E-state index in [2.05, 4.69) is 16.8 Å². The van der Waals surface area contributed by atoms with Crippen LogP contribution in [-0.2, 0) is 0 Å². The highest BCUT2D eigenvalue weighted by Crippen LogP contribution is 2.24. The Kier molecular flexibility index (Phi) is 2.68. The number of aromatic amines is 1. The number of benzene rings is 1. The number of aromatic nitrogens is 2. The molecule has 0 amide bonds. The molecule has 2 rings (SSSR count). The predicted molar refractivity (Wildman–Crippen MR) is 65.0 cm³/mol. The number of H-pyrrole nitrogens is 1. The molecule has 0 spiro atoms. The third-order valence-corrected chi connectivity index (χ3v) is 2.30. The minimum Gasteiger partial charge on any atom is -0.268 e. The van der Waals surface area contributed by atoms with E-state index in [4.69, 9.17) is 0 Å². The first kappa shape index (κ1) is 10.4. The highest BCUT2D eigenvalue weighted by atomic mass is 16.1. The fraction of sp³-hybridized carbons (Fsp3) is 0.0769. The minimum atomic E-state index is -0.205. The molecule has 0 aliphatic rings. The lowest BCUT2D eigenvalue weighted by Gasteiger charge is -2.06. The Hall–Kier alpha value is -2.16. The molecule has 0 aliphatic heterocycles. The fourth-order valence-electron chi connectivity index (χ4n) is 1.57. The van der Waals surface area contributed by atoms with Gasteiger partial charge in [-0.15, -0.1) is 0 Å². The Bertz CT molecular complexity index is 570.